The minimum atomic E-state index is -4.03. The summed E-state index contributed by atoms with van der Waals surface area (Å²) < 4.78 is 27.8. The predicted octanol–water partition coefficient (Wildman–Crippen LogP) is 2.54. The van der Waals surface area contributed by atoms with Crippen LogP contribution in [-0.4, -0.2) is 25.3 Å². The van der Waals surface area contributed by atoms with Gasteiger partial charge in [0.1, 0.15) is 6.04 Å². The molecule has 0 fully saturated rings. The molecular formula is C19H18ClN3O5S. The summed E-state index contributed by atoms with van der Waals surface area (Å²) in [7, 11) is -4.03. The van der Waals surface area contributed by atoms with E-state index in [1.54, 1.807) is 24.3 Å². The van der Waals surface area contributed by atoms with Crippen LogP contribution >= 0.6 is 12.4 Å². The molecule has 0 saturated heterocycles. The van der Waals surface area contributed by atoms with E-state index in [2.05, 4.69) is 4.72 Å². The molecule has 1 unspecified atom stereocenters. The van der Waals surface area contributed by atoms with E-state index in [0.29, 0.717) is 5.56 Å². The van der Waals surface area contributed by atoms with Crippen molar-refractivity contribution < 1.29 is 18.1 Å². The summed E-state index contributed by atoms with van der Waals surface area (Å²) in [6.07, 6.45) is -0.107. The molecule has 0 bridgehead atoms. The van der Waals surface area contributed by atoms with E-state index in [1.165, 1.54) is 30.3 Å². The minimum absolute atomic E-state index is 0. The number of hydrogen-bond donors (Lipinski definition) is 2. The molecule has 1 atom stereocenters. The van der Waals surface area contributed by atoms with Crippen molar-refractivity contribution in [3.63, 3.8) is 0 Å². The predicted molar refractivity (Wildman–Crippen MR) is 111 cm³/mol. The zero-order valence-electron chi connectivity index (χ0n) is 15.0. The van der Waals surface area contributed by atoms with Gasteiger partial charge < -0.3 is 5.73 Å². The summed E-state index contributed by atoms with van der Waals surface area (Å²) in [5, 5.41) is 12.5. The molecule has 0 aliphatic heterocycles. The second-order valence-electron chi connectivity index (χ2n) is 6.22. The summed E-state index contributed by atoms with van der Waals surface area (Å²) in [6.45, 7) is 0. The topological polar surface area (TPSA) is 132 Å². The minimum Gasteiger partial charge on any atom is -0.368 e. The number of amides is 1. The number of sulfonamides is 1. The number of nitrogens with two attached hydrogens (primary N) is 1. The van der Waals surface area contributed by atoms with Gasteiger partial charge in [-0.05, 0) is 34.9 Å². The van der Waals surface area contributed by atoms with Crippen LogP contribution in [-0.2, 0) is 21.2 Å². The number of hydrogen-bond acceptors (Lipinski definition) is 5. The lowest BCUT2D eigenvalue weighted by atomic mass is 10.1. The third-order valence-electron chi connectivity index (χ3n) is 4.23. The second kappa shape index (κ2) is 8.99. The molecule has 3 N–H and O–H groups in total. The number of nitrogens with zero attached hydrogens (tertiary/aromatic N) is 1. The summed E-state index contributed by atoms with van der Waals surface area (Å²) in [6, 6.07) is 16.2. The highest BCUT2D eigenvalue weighted by Gasteiger charge is 2.25. The van der Waals surface area contributed by atoms with Crippen LogP contribution in [0.1, 0.15) is 5.56 Å². The van der Waals surface area contributed by atoms with Crippen molar-refractivity contribution in [2.75, 3.05) is 0 Å². The van der Waals surface area contributed by atoms with Crippen molar-refractivity contribution in [1.29, 1.82) is 0 Å². The van der Waals surface area contributed by atoms with Gasteiger partial charge in [-0.2, -0.15) is 4.72 Å². The van der Waals surface area contributed by atoms with Crippen LogP contribution in [0, 0.1) is 10.1 Å². The average Bonchev–Trinajstić information content (AvgIpc) is 2.67. The first-order chi connectivity index (χ1) is 13.3. The van der Waals surface area contributed by atoms with Crippen LogP contribution in [0.5, 0.6) is 0 Å². The molecule has 0 aromatic heterocycles. The Hall–Kier alpha value is -3.01. The molecule has 0 saturated carbocycles. The van der Waals surface area contributed by atoms with Gasteiger partial charge in [0.25, 0.3) is 5.69 Å². The van der Waals surface area contributed by atoms with E-state index in [9.17, 15) is 23.3 Å². The smallest absolute Gasteiger partial charge is 0.269 e. The Balaban J connectivity index is 0.00000300. The summed E-state index contributed by atoms with van der Waals surface area (Å²) in [5.74, 6) is -0.879. The van der Waals surface area contributed by atoms with E-state index in [4.69, 9.17) is 5.73 Å². The number of halogens is 1. The fourth-order valence-electron chi connectivity index (χ4n) is 2.82. The van der Waals surface area contributed by atoms with Crippen molar-refractivity contribution in [1.82, 2.24) is 4.72 Å². The van der Waals surface area contributed by atoms with Crippen LogP contribution in [0.2, 0.25) is 0 Å². The number of nitro groups is 1. The van der Waals surface area contributed by atoms with Crippen LogP contribution in [0.15, 0.2) is 71.6 Å². The van der Waals surface area contributed by atoms with Crippen molar-refractivity contribution >= 4 is 44.8 Å². The lowest BCUT2D eigenvalue weighted by molar-refractivity contribution is -0.384. The Morgan fingerprint density at radius 3 is 2.38 bits per heavy atom. The summed E-state index contributed by atoms with van der Waals surface area (Å²) in [5.41, 5.74) is 5.62. The number of nitro benzene ring substituents is 1. The average molecular weight is 436 g/mol. The molecule has 0 radical (unpaired) electrons. The molecule has 152 valence electrons. The van der Waals surface area contributed by atoms with Crippen LogP contribution in [0.25, 0.3) is 10.8 Å². The van der Waals surface area contributed by atoms with Crippen molar-refractivity contribution in [2.24, 2.45) is 5.73 Å². The Bertz CT molecular complexity index is 1170. The Morgan fingerprint density at radius 2 is 1.72 bits per heavy atom. The number of fused-ring (bicyclic) bond motifs is 1. The first-order valence-electron chi connectivity index (χ1n) is 8.30. The van der Waals surface area contributed by atoms with E-state index in [-0.39, 0.29) is 29.4 Å². The summed E-state index contributed by atoms with van der Waals surface area (Å²) >= 11 is 0. The molecule has 3 aromatic carbocycles. The van der Waals surface area contributed by atoms with Gasteiger partial charge in [0, 0.05) is 12.1 Å². The Kier molecular flexibility index (Phi) is 6.91. The monoisotopic (exact) mass is 435 g/mol. The van der Waals surface area contributed by atoms with Gasteiger partial charge in [-0.1, -0.05) is 42.5 Å². The van der Waals surface area contributed by atoms with E-state index in [1.807, 2.05) is 12.1 Å². The Morgan fingerprint density at radius 1 is 1.03 bits per heavy atom. The highest BCUT2D eigenvalue weighted by Crippen LogP contribution is 2.20. The third kappa shape index (κ3) is 5.29. The number of benzene rings is 3. The maximum atomic E-state index is 12.7. The van der Waals surface area contributed by atoms with Crippen LogP contribution < -0.4 is 10.5 Å². The maximum absolute atomic E-state index is 12.7. The number of carbonyl (C=O) groups is 1. The standard InChI is InChI=1S/C19H17N3O5S.ClH/c20-19(23)18(11-13-4-3-7-16(10-13)22(24)25)21-28(26,27)17-9-8-14-5-1-2-6-15(14)12-17;/h1-10,12,18,21H,11H2,(H2,20,23);1H. The van der Waals surface area contributed by atoms with Crippen molar-refractivity contribution in [3.8, 4) is 0 Å². The molecule has 29 heavy (non-hydrogen) atoms. The fraction of sp³-hybridized carbons (Fsp3) is 0.105. The van der Waals surface area contributed by atoms with Gasteiger partial charge in [-0.15, -0.1) is 12.4 Å². The molecular weight excluding hydrogens is 418 g/mol. The van der Waals surface area contributed by atoms with E-state index < -0.39 is 26.9 Å². The number of rotatable bonds is 7. The molecule has 0 aliphatic rings. The summed E-state index contributed by atoms with van der Waals surface area (Å²) in [4.78, 5) is 22.1. The second-order valence-corrected chi connectivity index (χ2v) is 7.93. The van der Waals surface area contributed by atoms with Gasteiger partial charge >= 0.3 is 0 Å². The first kappa shape index (κ1) is 22.3. The lowest BCUT2D eigenvalue weighted by Gasteiger charge is -2.16. The highest BCUT2D eigenvalue weighted by atomic mass is 35.5. The number of primary amides is 1. The molecule has 8 nitrogen and oxygen atoms in total. The van der Waals surface area contributed by atoms with Crippen LogP contribution in [0.3, 0.4) is 0 Å². The number of non-ortho nitro benzene ring substituents is 1. The number of nitrogens with one attached hydrogen (secondary N) is 1. The van der Waals surface area contributed by atoms with E-state index in [0.717, 1.165) is 10.8 Å². The highest BCUT2D eigenvalue weighted by molar-refractivity contribution is 7.89. The molecule has 1 amide bonds. The van der Waals surface area contributed by atoms with Crippen LogP contribution in [0.4, 0.5) is 5.69 Å². The normalized spacial score (nSPS) is 12.1. The zero-order valence-corrected chi connectivity index (χ0v) is 16.7. The largest absolute Gasteiger partial charge is 0.368 e. The van der Waals surface area contributed by atoms with Gasteiger partial charge in [-0.25, -0.2) is 8.42 Å². The third-order valence-corrected chi connectivity index (χ3v) is 5.70. The molecule has 10 heteroatoms. The van der Waals surface area contributed by atoms with Gasteiger partial charge in [0.05, 0.1) is 9.82 Å². The molecule has 3 aromatic rings. The van der Waals surface area contributed by atoms with E-state index >= 15 is 0 Å². The first-order valence-corrected chi connectivity index (χ1v) is 9.78. The fourth-order valence-corrected chi connectivity index (χ4v) is 4.06. The maximum Gasteiger partial charge on any atom is 0.269 e. The lowest BCUT2D eigenvalue weighted by Crippen LogP contribution is -2.45. The van der Waals surface area contributed by atoms with Crippen molar-refractivity contribution in [3.05, 3.63) is 82.4 Å². The molecule has 0 spiro atoms. The SMILES string of the molecule is Cl.NC(=O)C(Cc1cccc([N+](=O)[O-])c1)NS(=O)(=O)c1ccc2ccccc2c1. The van der Waals surface area contributed by atoms with Gasteiger partial charge in [0.15, 0.2) is 0 Å². The van der Waals surface area contributed by atoms with Gasteiger partial charge in [-0.3, -0.25) is 14.9 Å². The number of carbonyl (C=O) groups excluding carboxylic acids is 1. The van der Waals surface area contributed by atoms with Gasteiger partial charge in [0.2, 0.25) is 15.9 Å². The molecule has 0 heterocycles. The molecule has 3 rings (SSSR count). The quantitative estimate of drug-likeness (QED) is 0.434. The zero-order chi connectivity index (χ0) is 20.3. The Labute approximate surface area is 173 Å². The van der Waals surface area contributed by atoms with Crippen molar-refractivity contribution in [2.45, 2.75) is 17.4 Å². The molecule has 0 aliphatic carbocycles.